The predicted molar refractivity (Wildman–Crippen MR) is 145 cm³/mol. The van der Waals surface area contributed by atoms with Crippen LogP contribution in [0, 0.1) is 28.9 Å². The molecule has 4 aromatic rings. The second kappa shape index (κ2) is 11.1. The van der Waals surface area contributed by atoms with Crippen molar-refractivity contribution in [2.75, 3.05) is 24.6 Å². The van der Waals surface area contributed by atoms with Crippen LogP contribution < -0.4 is 9.64 Å². The fourth-order valence-electron chi connectivity index (χ4n) is 5.35. The SMILES string of the molecule is N#Cc1ccc(OCc2nc(N3CC[C@H](Cc4nc5ccc(C(=O)O)cc5n4C[C@@H]4CCO4)C3)ccc2F)c(F)c1. The minimum absolute atomic E-state index is 0.0613. The van der Waals surface area contributed by atoms with Crippen LogP contribution in [0.3, 0.4) is 0 Å². The van der Waals surface area contributed by atoms with Crippen molar-refractivity contribution in [3.05, 3.63) is 82.8 Å². The van der Waals surface area contributed by atoms with Gasteiger partial charge in [0.25, 0.3) is 0 Å². The molecule has 0 saturated carbocycles. The van der Waals surface area contributed by atoms with E-state index in [1.54, 1.807) is 24.3 Å². The molecule has 2 aromatic carbocycles. The second-order valence-corrected chi connectivity index (χ2v) is 10.4. The number of aromatic carboxylic acids is 1. The van der Waals surface area contributed by atoms with Crippen molar-refractivity contribution in [1.82, 2.24) is 14.5 Å². The molecule has 0 bridgehead atoms. The van der Waals surface area contributed by atoms with E-state index >= 15 is 0 Å². The number of carboxylic acid groups (broad SMARTS) is 1. The normalized spacial score (nSPS) is 18.3. The Kier molecular flexibility index (Phi) is 7.24. The number of fused-ring (bicyclic) bond motifs is 1. The number of imidazole rings is 1. The topological polar surface area (TPSA) is 114 Å². The second-order valence-electron chi connectivity index (χ2n) is 10.4. The molecule has 0 aliphatic carbocycles. The number of rotatable bonds is 9. The molecule has 4 heterocycles. The van der Waals surface area contributed by atoms with Gasteiger partial charge < -0.3 is 24.0 Å². The summed E-state index contributed by atoms with van der Waals surface area (Å²) in [5.41, 5.74) is 1.99. The highest BCUT2D eigenvalue weighted by Gasteiger charge is 2.28. The first-order valence-electron chi connectivity index (χ1n) is 13.4. The molecule has 9 nitrogen and oxygen atoms in total. The first-order chi connectivity index (χ1) is 19.9. The molecule has 0 spiro atoms. The Hall–Kier alpha value is -4.56. The van der Waals surface area contributed by atoms with Crippen LogP contribution in [-0.2, 0) is 24.3 Å². The maximum Gasteiger partial charge on any atom is 0.335 e. The van der Waals surface area contributed by atoms with Gasteiger partial charge in [-0.1, -0.05) is 0 Å². The number of benzene rings is 2. The Morgan fingerprint density at radius 1 is 1.12 bits per heavy atom. The molecule has 6 rings (SSSR count). The summed E-state index contributed by atoms with van der Waals surface area (Å²) in [6.07, 6.45) is 2.61. The summed E-state index contributed by atoms with van der Waals surface area (Å²) in [6.45, 7) is 2.50. The molecule has 0 radical (unpaired) electrons. The van der Waals surface area contributed by atoms with E-state index in [1.165, 1.54) is 18.2 Å². The number of ether oxygens (including phenoxy) is 2. The Labute approximate surface area is 234 Å². The lowest BCUT2D eigenvalue weighted by Crippen LogP contribution is -2.32. The van der Waals surface area contributed by atoms with E-state index in [9.17, 15) is 18.7 Å². The summed E-state index contributed by atoms with van der Waals surface area (Å²) in [6, 6.07) is 13.6. The molecule has 41 heavy (non-hydrogen) atoms. The van der Waals surface area contributed by atoms with Gasteiger partial charge in [0.2, 0.25) is 0 Å². The van der Waals surface area contributed by atoms with Crippen molar-refractivity contribution in [3.8, 4) is 11.8 Å². The molecule has 210 valence electrons. The molecule has 2 aliphatic rings. The monoisotopic (exact) mass is 559 g/mol. The number of hydrogen-bond donors (Lipinski definition) is 1. The smallest absolute Gasteiger partial charge is 0.335 e. The first kappa shape index (κ1) is 26.7. The first-order valence-corrected chi connectivity index (χ1v) is 13.4. The van der Waals surface area contributed by atoms with Crippen LogP contribution in [0.1, 0.15) is 40.3 Å². The van der Waals surface area contributed by atoms with Gasteiger partial charge in [-0.15, -0.1) is 0 Å². The van der Waals surface area contributed by atoms with Gasteiger partial charge >= 0.3 is 5.97 Å². The number of anilines is 1. The van der Waals surface area contributed by atoms with E-state index in [0.717, 1.165) is 48.9 Å². The zero-order chi connectivity index (χ0) is 28.5. The summed E-state index contributed by atoms with van der Waals surface area (Å²) in [5, 5.41) is 18.4. The molecule has 2 atom stereocenters. The quantitative estimate of drug-likeness (QED) is 0.314. The molecular formula is C30H27F2N5O4. The third kappa shape index (κ3) is 5.56. The van der Waals surface area contributed by atoms with Gasteiger partial charge in [-0.25, -0.2) is 23.5 Å². The summed E-state index contributed by atoms with van der Waals surface area (Å²) >= 11 is 0. The number of carboxylic acids is 1. The molecule has 0 amide bonds. The molecule has 2 fully saturated rings. The van der Waals surface area contributed by atoms with Crippen molar-refractivity contribution >= 4 is 22.8 Å². The maximum atomic E-state index is 14.5. The molecule has 11 heteroatoms. The molecule has 2 aromatic heterocycles. The standard InChI is InChI=1S/C30H27F2N5O4/c31-22-3-6-28(35-25(22)17-41-27-5-1-18(14-33)11-23(27)32)36-9-7-19(15-36)12-29-34-24-4-2-20(30(38)39)13-26(24)37(29)16-21-8-10-40-21/h1-6,11,13,19,21H,7-10,12,15-17H2,(H,38,39)/t19-,21+/m1/s1. The zero-order valence-electron chi connectivity index (χ0n) is 22.1. The molecule has 2 aliphatic heterocycles. The van der Waals surface area contributed by atoms with Crippen LogP contribution in [-0.4, -0.2) is 51.4 Å². The predicted octanol–water partition coefficient (Wildman–Crippen LogP) is 4.72. The van der Waals surface area contributed by atoms with Crippen molar-refractivity contribution in [2.24, 2.45) is 5.92 Å². The Bertz CT molecular complexity index is 1660. The van der Waals surface area contributed by atoms with Gasteiger partial charge in [-0.2, -0.15) is 5.26 Å². The summed E-state index contributed by atoms with van der Waals surface area (Å²) < 4.78 is 42.0. The van der Waals surface area contributed by atoms with Crippen molar-refractivity contribution in [2.45, 2.75) is 38.5 Å². The fraction of sp³-hybridized carbons (Fsp3) is 0.333. The average molecular weight is 560 g/mol. The van der Waals surface area contributed by atoms with E-state index in [2.05, 4.69) is 14.5 Å². The minimum Gasteiger partial charge on any atom is -0.484 e. The number of carbonyl (C=O) groups is 1. The lowest BCUT2D eigenvalue weighted by atomic mass is 10.0. The van der Waals surface area contributed by atoms with Gasteiger partial charge in [-0.3, -0.25) is 0 Å². The number of aromatic nitrogens is 3. The number of pyridine rings is 1. The van der Waals surface area contributed by atoms with E-state index in [1.807, 2.05) is 6.07 Å². The third-order valence-corrected chi connectivity index (χ3v) is 7.66. The van der Waals surface area contributed by atoms with Crippen LogP contribution >= 0.6 is 0 Å². The summed E-state index contributed by atoms with van der Waals surface area (Å²) in [7, 11) is 0. The highest BCUT2D eigenvalue weighted by molar-refractivity contribution is 5.92. The average Bonchev–Trinajstić information content (AvgIpc) is 3.54. The van der Waals surface area contributed by atoms with Crippen LogP contribution in [0.5, 0.6) is 5.75 Å². The molecular weight excluding hydrogens is 532 g/mol. The van der Waals surface area contributed by atoms with Gasteiger partial charge in [0.05, 0.1) is 40.9 Å². The number of hydrogen-bond acceptors (Lipinski definition) is 7. The zero-order valence-corrected chi connectivity index (χ0v) is 22.1. The summed E-state index contributed by atoms with van der Waals surface area (Å²) in [4.78, 5) is 23.0. The van der Waals surface area contributed by atoms with E-state index < -0.39 is 17.6 Å². The number of halogens is 2. The lowest BCUT2D eigenvalue weighted by molar-refractivity contribution is -0.0590. The van der Waals surface area contributed by atoms with Gasteiger partial charge in [0.1, 0.15) is 29.8 Å². The van der Waals surface area contributed by atoms with Gasteiger partial charge in [-0.05, 0) is 67.3 Å². The maximum absolute atomic E-state index is 14.5. The molecule has 2 saturated heterocycles. The van der Waals surface area contributed by atoms with Crippen molar-refractivity contribution < 1.29 is 28.2 Å². The third-order valence-electron chi connectivity index (χ3n) is 7.66. The number of nitrogens with zero attached hydrogens (tertiary/aromatic N) is 5. The highest BCUT2D eigenvalue weighted by Crippen LogP contribution is 2.29. The van der Waals surface area contributed by atoms with Crippen molar-refractivity contribution in [1.29, 1.82) is 5.26 Å². The molecule has 0 unspecified atom stereocenters. The lowest BCUT2D eigenvalue weighted by Gasteiger charge is -2.28. The van der Waals surface area contributed by atoms with E-state index in [-0.39, 0.29) is 41.2 Å². The highest BCUT2D eigenvalue weighted by atomic mass is 19.1. The van der Waals surface area contributed by atoms with Crippen LogP contribution in [0.2, 0.25) is 0 Å². The largest absolute Gasteiger partial charge is 0.484 e. The van der Waals surface area contributed by atoms with E-state index in [4.69, 9.17) is 19.7 Å². The van der Waals surface area contributed by atoms with Crippen LogP contribution in [0.25, 0.3) is 11.0 Å². The van der Waals surface area contributed by atoms with Crippen molar-refractivity contribution in [3.63, 3.8) is 0 Å². The molecule has 1 N–H and O–H groups in total. The number of nitriles is 1. The minimum atomic E-state index is -0.980. The Morgan fingerprint density at radius 2 is 1.98 bits per heavy atom. The van der Waals surface area contributed by atoms with E-state index in [0.29, 0.717) is 25.3 Å². The van der Waals surface area contributed by atoms with Gasteiger partial charge in [0.15, 0.2) is 11.6 Å². The Morgan fingerprint density at radius 3 is 2.71 bits per heavy atom. The van der Waals surface area contributed by atoms with Crippen LogP contribution in [0.15, 0.2) is 48.5 Å². The van der Waals surface area contributed by atoms with Gasteiger partial charge in [0, 0.05) is 26.1 Å². The summed E-state index contributed by atoms with van der Waals surface area (Å²) in [5.74, 6) is -0.561. The Balaban J connectivity index is 1.16. The fourth-order valence-corrected chi connectivity index (χ4v) is 5.35. The van der Waals surface area contributed by atoms with Crippen LogP contribution in [0.4, 0.5) is 14.6 Å².